The number of anilines is 1. The van der Waals surface area contributed by atoms with E-state index in [-0.39, 0.29) is 15.6 Å². The van der Waals surface area contributed by atoms with Crippen molar-refractivity contribution in [1.82, 2.24) is 0 Å². The molecule has 0 bridgehead atoms. The van der Waals surface area contributed by atoms with Crippen LogP contribution < -0.4 is 5.01 Å². The fourth-order valence-electron chi connectivity index (χ4n) is 2.62. The lowest BCUT2D eigenvalue weighted by Gasteiger charge is -2.17. The van der Waals surface area contributed by atoms with E-state index in [1.54, 1.807) is 38.1 Å². The van der Waals surface area contributed by atoms with Gasteiger partial charge in [0.1, 0.15) is 5.69 Å². The van der Waals surface area contributed by atoms with E-state index in [0.717, 1.165) is 11.1 Å². The standard InChI is InChI=1S/C17H14Cl2N4O4S/c1-9-7-11(28(25,26)27)8-13(19)16(9)23-17(24)15(10(2)22-23)21-20-14-6-4-3-5-12(14)18/h3-8,15H,1-2H3,(H,25,26,27). The molecule has 1 atom stereocenters. The van der Waals surface area contributed by atoms with Crippen LogP contribution in [-0.2, 0) is 14.9 Å². The predicted molar refractivity (Wildman–Crippen MR) is 106 cm³/mol. The molecule has 0 fully saturated rings. The molecule has 2 aromatic rings. The molecule has 0 aromatic heterocycles. The second kappa shape index (κ2) is 7.59. The van der Waals surface area contributed by atoms with Crippen LogP contribution in [0.4, 0.5) is 11.4 Å². The normalized spacial score (nSPS) is 17.5. The second-order valence-electron chi connectivity index (χ2n) is 6.01. The quantitative estimate of drug-likeness (QED) is 0.559. The van der Waals surface area contributed by atoms with Gasteiger partial charge in [-0.3, -0.25) is 9.35 Å². The summed E-state index contributed by atoms with van der Waals surface area (Å²) in [6.45, 7) is 3.16. The van der Waals surface area contributed by atoms with Crippen molar-refractivity contribution in [2.24, 2.45) is 15.3 Å². The molecule has 11 heteroatoms. The fourth-order valence-corrected chi connectivity index (χ4v) is 3.80. The molecule has 2 aromatic carbocycles. The molecular formula is C17H14Cl2N4O4S. The van der Waals surface area contributed by atoms with Crippen molar-refractivity contribution in [2.45, 2.75) is 24.8 Å². The molecule has 146 valence electrons. The zero-order valence-corrected chi connectivity index (χ0v) is 17.0. The highest BCUT2D eigenvalue weighted by Gasteiger charge is 2.36. The summed E-state index contributed by atoms with van der Waals surface area (Å²) in [5.74, 6) is -0.502. The number of carbonyl (C=O) groups excluding carboxylic acids is 1. The lowest BCUT2D eigenvalue weighted by atomic mass is 10.1. The van der Waals surface area contributed by atoms with Gasteiger partial charge in [0.25, 0.3) is 16.0 Å². The molecule has 0 aliphatic carbocycles. The van der Waals surface area contributed by atoms with Crippen LogP contribution in [0.25, 0.3) is 0 Å². The minimum absolute atomic E-state index is 0.0544. The number of azo groups is 1. The molecular weight excluding hydrogens is 427 g/mol. The van der Waals surface area contributed by atoms with E-state index in [0.29, 0.717) is 22.0 Å². The van der Waals surface area contributed by atoms with Gasteiger partial charge >= 0.3 is 0 Å². The van der Waals surface area contributed by atoms with Crippen LogP contribution >= 0.6 is 23.2 Å². The third-order valence-electron chi connectivity index (χ3n) is 3.97. The summed E-state index contributed by atoms with van der Waals surface area (Å²) in [7, 11) is -4.44. The number of carbonyl (C=O) groups is 1. The zero-order chi connectivity index (χ0) is 20.6. The molecule has 3 rings (SSSR count). The van der Waals surface area contributed by atoms with Crippen LogP contribution in [0, 0.1) is 6.92 Å². The Morgan fingerprint density at radius 2 is 1.82 bits per heavy atom. The van der Waals surface area contributed by atoms with Crippen LogP contribution in [0.15, 0.2) is 56.6 Å². The van der Waals surface area contributed by atoms with Crippen molar-refractivity contribution in [2.75, 3.05) is 5.01 Å². The lowest BCUT2D eigenvalue weighted by Crippen LogP contribution is -2.30. The summed E-state index contributed by atoms with van der Waals surface area (Å²) >= 11 is 12.2. The number of hydrogen-bond donors (Lipinski definition) is 1. The average molecular weight is 441 g/mol. The van der Waals surface area contributed by atoms with E-state index < -0.39 is 22.1 Å². The molecule has 1 aliphatic rings. The van der Waals surface area contributed by atoms with Crippen molar-refractivity contribution in [3.05, 3.63) is 52.0 Å². The first-order chi connectivity index (χ1) is 13.1. The number of aryl methyl sites for hydroxylation is 1. The third-order valence-corrected chi connectivity index (χ3v) is 5.41. The van der Waals surface area contributed by atoms with Gasteiger partial charge in [0.2, 0.25) is 0 Å². The first kappa shape index (κ1) is 20.4. The van der Waals surface area contributed by atoms with Gasteiger partial charge < -0.3 is 0 Å². The predicted octanol–water partition coefficient (Wildman–Crippen LogP) is 4.42. The van der Waals surface area contributed by atoms with Crippen molar-refractivity contribution < 1.29 is 17.8 Å². The Bertz CT molecular complexity index is 1110. The minimum Gasteiger partial charge on any atom is -0.282 e. The summed E-state index contributed by atoms with van der Waals surface area (Å²) in [5, 5.41) is 13.7. The second-order valence-corrected chi connectivity index (χ2v) is 8.24. The van der Waals surface area contributed by atoms with E-state index in [9.17, 15) is 17.8 Å². The lowest BCUT2D eigenvalue weighted by molar-refractivity contribution is -0.117. The molecule has 0 radical (unpaired) electrons. The third kappa shape index (κ3) is 3.93. The van der Waals surface area contributed by atoms with Gasteiger partial charge in [-0.15, -0.1) is 0 Å². The highest BCUT2D eigenvalue weighted by Crippen LogP contribution is 2.35. The Kier molecular flexibility index (Phi) is 5.53. The van der Waals surface area contributed by atoms with Crippen molar-refractivity contribution in [1.29, 1.82) is 0 Å². The van der Waals surface area contributed by atoms with Crippen molar-refractivity contribution in [3.63, 3.8) is 0 Å². The minimum atomic E-state index is -4.44. The van der Waals surface area contributed by atoms with Gasteiger partial charge in [-0.2, -0.15) is 28.8 Å². The molecule has 8 nitrogen and oxygen atoms in total. The van der Waals surface area contributed by atoms with Crippen LogP contribution in [0.1, 0.15) is 12.5 Å². The SMILES string of the molecule is CC1=NN(c2c(C)cc(S(=O)(=O)O)cc2Cl)C(=O)C1N=Nc1ccccc1Cl. The molecule has 1 N–H and O–H groups in total. The van der Waals surface area contributed by atoms with Gasteiger partial charge in [-0.1, -0.05) is 35.3 Å². The maximum absolute atomic E-state index is 12.8. The fraction of sp³-hybridized carbons (Fsp3) is 0.176. The van der Waals surface area contributed by atoms with Crippen molar-refractivity contribution >= 4 is 56.3 Å². The Labute approximate surface area is 171 Å². The number of hydrazone groups is 1. The monoisotopic (exact) mass is 440 g/mol. The first-order valence-electron chi connectivity index (χ1n) is 7.91. The molecule has 1 amide bonds. The maximum atomic E-state index is 12.8. The van der Waals surface area contributed by atoms with E-state index in [2.05, 4.69) is 15.3 Å². The van der Waals surface area contributed by atoms with E-state index in [1.807, 2.05) is 0 Å². The molecule has 28 heavy (non-hydrogen) atoms. The van der Waals surface area contributed by atoms with Crippen LogP contribution in [0.2, 0.25) is 10.0 Å². The molecule has 0 spiro atoms. The Morgan fingerprint density at radius 1 is 1.14 bits per heavy atom. The Hall–Kier alpha value is -2.33. The van der Waals surface area contributed by atoms with Gasteiger partial charge in [0.05, 0.1) is 26.3 Å². The smallest absolute Gasteiger partial charge is 0.282 e. The Balaban J connectivity index is 1.94. The average Bonchev–Trinajstić information content (AvgIpc) is 2.87. The van der Waals surface area contributed by atoms with Gasteiger partial charge in [-0.05, 0) is 43.7 Å². The number of hydrogen-bond acceptors (Lipinski definition) is 6. The van der Waals surface area contributed by atoms with Crippen LogP contribution in [0.3, 0.4) is 0 Å². The van der Waals surface area contributed by atoms with E-state index in [4.69, 9.17) is 23.2 Å². The summed E-state index contributed by atoms with van der Waals surface area (Å²) in [6, 6.07) is 8.09. The first-order valence-corrected chi connectivity index (χ1v) is 10.1. The molecule has 1 aliphatic heterocycles. The zero-order valence-electron chi connectivity index (χ0n) is 14.7. The largest absolute Gasteiger partial charge is 0.294 e. The summed E-state index contributed by atoms with van der Waals surface area (Å²) in [4.78, 5) is 12.4. The highest BCUT2D eigenvalue weighted by atomic mass is 35.5. The molecule has 0 saturated heterocycles. The molecule has 1 unspecified atom stereocenters. The molecule has 1 heterocycles. The maximum Gasteiger partial charge on any atom is 0.294 e. The number of benzene rings is 2. The van der Waals surface area contributed by atoms with Gasteiger partial charge in [-0.25, -0.2) is 0 Å². The molecule has 0 saturated carbocycles. The summed E-state index contributed by atoms with van der Waals surface area (Å²) in [6.07, 6.45) is 0. The van der Waals surface area contributed by atoms with E-state index >= 15 is 0 Å². The summed E-state index contributed by atoms with van der Waals surface area (Å²) in [5.41, 5.74) is 1.34. The Morgan fingerprint density at radius 3 is 2.43 bits per heavy atom. The number of amides is 1. The van der Waals surface area contributed by atoms with Crippen LogP contribution in [-0.4, -0.2) is 30.6 Å². The number of halogens is 2. The van der Waals surface area contributed by atoms with Crippen molar-refractivity contribution in [3.8, 4) is 0 Å². The van der Waals surface area contributed by atoms with Crippen LogP contribution in [0.5, 0.6) is 0 Å². The summed E-state index contributed by atoms with van der Waals surface area (Å²) < 4.78 is 31.9. The highest BCUT2D eigenvalue weighted by molar-refractivity contribution is 7.85. The van der Waals surface area contributed by atoms with Gasteiger partial charge in [0, 0.05) is 0 Å². The number of rotatable bonds is 4. The van der Waals surface area contributed by atoms with E-state index in [1.165, 1.54) is 6.07 Å². The number of nitrogens with zero attached hydrogens (tertiary/aromatic N) is 4. The topological polar surface area (TPSA) is 112 Å². The van der Waals surface area contributed by atoms with Gasteiger partial charge in [0.15, 0.2) is 6.04 Å².